The molecule has 106 valence electrons. The van der Waals surface area contributed by atoms with E-state index < -0.39 is 0 Å². The van der Waals surface area contributed by atoms with Crippen LogP contribution >= 0.6 is 0 Å². The van der Waals surface area contributed by atoms with Gasteiger partial charge in [0.2, 0.25) is 5.75 Å². The Morgan fingerprint density at radius 2 is 1.68 bits per heavy atom. The van der Waals surface area contributed by atoms with Crippen molar-refractivity contribution in [2.24, 2.45) is 5.92 Å². The zero-order valence-corrected chi connectivity index (χ0v) is 11.9. The fraction of sp³-hybridized carbons (Fsp3) is 0.571. The number of ether oxygens (including phenoxy) is 3. The predicted molar refractivity (Wildman–Crippen MR) is 74.3 cm³/mol. The number of methoxy groups -OCH3 is 3. The SMILES string of the molecule is CNC(c1cc(OC)c(OC)c(OC)c1)C1CNC1. The first-order chi connectivity index (χ1) is 9.24. The zero-order chi connectivity index (χ0) is 13.8. The van der Waals surface area contributed by atoms with Gasteiger partial charge in [-0.1, -0.05) is 0 Å². The number of rotatable bonds is 6. The van der Waals surface area contributed by atoms with E-state index in [1.807, 2.05) is 19.2 Å². The number of nitrogens with one attached hydrogen (secondary N) is 2. The molecule has 0 radical (unpaired) electrons. The van der Waals surface area contributed by atoms with Crippen LogP contribution in [-0.2, 0) is 0 Å². The van der Waals surface area contributed by atoms with Gasteiger partial charge in [-0.05, 0) is 24.7 Å². The summed E-state index contributed by atoms with van der Waals surface area (Å²) in [7, 11) is 6.87. The molecule has 5 heteroatoms. The van der Waals surface area contributed by atoms with E-state index in [9.17, 15) is 0 Å². The van der Waals surface area contributed by atoms with Crippen LogP contribution in [0.2, 0.25) is 0 Å². The first-order valence-electron chi connectivity index (χ1n) is 6.43. The van der Waals surface area contributed by atoms with E-state index in [0.717, 1.165) is 18.7 Å². The van der Waals surface area contributed by atoms with Gasteiger partial charge >= 0.3 is 0 Å². The molecule has 1 aromatic rings. The summed E-state index contributed by atoms with van der Waals surface area (Å²) in [5, 5.41) is 6.67. The molecule has 1 atom stereocenters. The zero-order valence-electron chi connectivity index (χ0n) is 11.9. The second-order valence-corrected chi connectivity index (χ2v) is 4.64. The van der Waals surface area contributed by atoms with Crippen LogP contribution in [0.4, 0.5) is 0 Å². The summed E-state index contributed by atoms with van der Waals surface area (Å²) in [5.41, 5.74) is 1.16. The molecule has 0 amide bonds. The molecule has 1 saturated heterocycles. The van der Waals surface area contributed by atoms with E-state index in [1.165, 1.54) is 0 Å². The van der Waals surface area contributed by atoms with Crippen molar-refractivity contribution in [2.75, 3.05) is 41.5 Å². The molecule has 5 nitrogen and oxygen atoms in total. The van der Waals surface area contributed by atoms with E-state index in [-0.39, 0.29) is 6.04 Å². The third-order valence-electron chi connectivity index (χ3n) is 3.64. The highest BCUT2D eigenvalue weighted by molar-refractivity contribution is 5.54. The lowest BCUT2D eigenvalue weighted by Crippen LogP contribution is -2.48. The second-order valence-electron chi connectivity index (χ2n) is 4.64. The van der Waals surface area contributed by atoms with Crippen LogP contribution in [0.15, 0.2) is 12.1 Å². The van der Waals surface area contributed by atoms with Crippen molar-refractivity contribution in [3.63, 3.8) is 0 Å². The molecule has 0 saturated carbocycles. The van der Waals surface area contributed by atoms with Gasteiger partial charge in [0.15, 0.2) is 11.5 Å². The molecular weight excluding hydrogens is 244 g/mol. The Morgan fingerprint density at radius 1 is 1.11 bits per heavy atom. The van der Waals surface area contributed by atoms with Crippen LogP contribution < -0.4 is 24.8 Å². The first-order valence-corrected chi connectivity index (χ1v) is 6.43. The third-order valence-corrected chi connectivity index (χ3v) is 3.64. The van der Waals surface area contributed by atoms with Gasteiger partial charge < -0.3 is 24.8 Å². The molecule has 1 heterocycles. The van der Waals surface area contributed by atoms with Gasteiger partial charge in [-0.15, -0.1) is 0 Å². The molecule has 0 aliphatic carbocycles. The molecule has 19 heavy (non-hydrogen) atoms. The van der Waals surface area contributed by atoms with Gasteiger partial charge in [-0.25, -0.2) is 0 Å². The van der Waals surface area contributed by atoms with Crippen molar-refractivity contribution >= 4 is 0 Å². The topological polar surface area (TPSA) is 51.8 Å². The minimum atomic E-state index is 0.287. The van der Waals surface area contributed by atoms with Crippen LogP contribution in [0.5, 0.6) is 17.2 Å². The van der Waals surface area contributed by atoms with Crippen LogP contribution in [0, 0.1) is 5.92 Å². The first kappa shape index (κ1) is 14.0. The highest BCUT2D eigenvalue weighted by Crippen LogP contribution is 2.41. The van der Waals surface area contributed by atoms with E-state index in [2.05, 4.69) is 10.6 Å². The highest BCUT2D eigenvalue weighted by Gasteiger charge is 2.28. The maximum absolute atomic E-state index is 5.40. The van der Waals surface area contributed by atoms with Gasteiger partial charge in [-0.3, -0.25) is 0 Å². The van der Waals surface area contributed by atoms with Crippen molar-refractivity contribution < 1.29 is 14.2 Å². The maximum atomic E-state index is 5.40. The van der Waals surface area contributed by atoms with Gasteiger partial charge in [-0.2, -0.15) is 0 Å². The standard InChI is InChI=1S/C14H22N2O3/c1-15-13(10-7-16-8-10)9-5-11(17-2)14(19-4)12(6-9)18-3/h5-6,10,13,15-16H,7-8H2,1-4H3. The maximum Gasteiger partial charge on any atom is 0.203 e. The minimum absolute atomic E-state index is 0.287. The smallest absolute Gasteiger partial charge is 0.203 e. The van der Waals surface area contributed by atoms with Crippen molar-refractivity contribution in [1.29, 1.82) is 0 Å². The Kier molecular flexibility index (Phi) is 4.50. The summed E-state index contributed by atoms with van der Waals surface area (Å²) in [4.78, 5) is 0. The van der Waals surface area contributed by atoms with Crippen LogP contribution in [0.3, 0.4) is 0 Å². The van der Waals surface area contributed by atoms with Crippen molar-refractivity contribution in [2.45, 2.75) is 6.04 Å². The summed E-state index contributed by atoms with van der Waals surface area (Å²) in [6.45, 7) is 2.06. The van der Waals surface area contributed by atoms with Gasteiger partial charge in [0.05, 0.1) is 21.3 Å². The Hall–Kier alpha value is -1.46. The summed E-state index contributed by atoms with van der Waals surface area (Å²) < 4.78 is 16.1. The second kappa shape index (κ2) is 6.12. The minimum Gasteiger partial charge on any atom is -0.493 e. The molecule has 1 aliphatic rings. The molecule has 1 fully saturated rings. The largest absolute Gasteiger partial charge is 0.493 e. The molecule has 2 rings (SSSR count). The van der Waals surface area contributed by atoms with E-state index in [4.69, 9.17) is 14.2 Å². The van der Waals surface area contributed by atoms with Crippen molar-refractivity contribution in [3.8, 4) is 17.2 Å². The Bertz CT molecular complexity index is 408. The molecule has 2 N–H and O–H groups in total. The number of hydrogen-bond acceptors (Lipinski definition) is 5. The molecule has 1 aliphatic heterocycles. The lowest BCUT2D eigenvalue weighted by molar-refractivity contribution is 0.265. The average Bonchev–Trinajstić information content (AvgIpc) is 2.40. The molecule has 1 unspecified atom stereocenters. The summed E-state index contributed by atoms with van der Waals surface area (Å²) in [5.74, 6) is 2.62. The van der Waals surface area contributed by atoms with Gasteiger partial charge in [0.1, 0.15) is 0 Å². The van der Waals surface area contributed by atoms with Crippen molar-refractivity contribution in [3.05, 3.63) is 17.7 Å². The van der Waals surface area contributed by atoms with Crippen molar-refractivity contribution in [1.82, 2.24) is 10.6 Å². The molecule has 1 aromatic carbocycles. The number of hydrogen-bond donors (Lipinski definition) is 2. The van der Waals surface area contributed by atoms with E-state index in [0.29, 0.717) is 23.2 Å². The van der Waals surface area contributed by atoms with Gasteiger partial charge in [0.25, 0.3) is 0 Å². The Morgan fingerprint density at radius 3 is 2.00 bits per heavy atom. The van der Waals surface area contributed by atoms with Crippen LogP contribution in [0.1, 0.15) is 11.6 Å². The lowest BCUT2D eigenvalue weighted by atomic mass is 9.88. The fourth-order valence-corrected chi connectivity index (χ4v) is 2.50. The summed E-state index contributed by atoms with van der Waals surface area (Å²) >= 11 is 0. The monoisotopic (exact) mass is 266 g/mol. The highest BCUT2D eigenvalue weighted by atomic mass is 16.5. The number of benzene rings is 1. The molecule has 0 aromatic heterocycles. The Labute approximate surface area is 114 Å². The molecule has 0 bridgehead atoms. The Balaban J connectivity index is 2.39. The van der Waals surface area contributed by atoms with E-state index in [1.54, 1.807) is 21.3 Å². The predicted octanol–water partition coefficient (Wildman–Crippen LogP) is 1.19. The molecular formula is C14H22N2O3. The molecule has 0 spiro atoms. The average molecular weight is 266 g/mol. The normalized spacial score (nSPS) is 16.6. The fourth-order valence-electron chi connectivity index (χ4n) is 2.50. The van der Waals surface area contributed by atoms with Crippen LogP contribution in [0.25, 0.3) is 0 Å². The third kappa shape index (κ3) is 2.62. The van der Waals surface area contributed by atoms with Gasteiger partial charge in [0, 0.05) is 25.0 Å². The quantitative estimate of drug-likeness (QED) is 0.810. The lowest BCUT2D eigenvalue weighted by Gasteiger charge is -2.35. The summed E-state index contributed by atoms with van der Waals surface area (Å²) in [6, 6.07) is 4.32. The van der Waals surface area contributed by atoms with E-state index >= 15 is 0 Å². The van der Waals surface area contributed by atoms with Crippen LogP contribution in [-0.4, -0.2) is 41.5 Å². The summed E-state index contributed by atoms with van der Waals surface area (Å²) in [6.07, 6.45) is 0.